The molecule has 1 heterocycles. The van der Waals surface area contributed by atoms with Crippen LogP contribution in [0.5, 0.6) is 0 Å². The van der Waals surface area contributed by atoms with Crippen molar-refractivity contribution in [1.29, 1.82) is 0 Å². The van der Waals surface area contributed by atoms with Crippen LogP contribution < -0.4 is 4.57 Å². The van der Waals surface area contributed by atoms with Crippen LogP contribution in [-0.4, -0.2) is 4.57 Å². The fraction of sp³-hybridized carbons (Fsp3) is 0.450. The van der Waals surface area contributed by atoms with Gasteiger partial charge in [-0.15, -0.1) is 0 Å². The van der Waals surface area contributed by atoms with Gasteiger partial charge in [0.1, 0.15) is 18.2 Å². The Morgan fingerprint density at radius 1 is 1.09 bits per heavy atom. The van der Waals surface area contributed by atoms with Gasteiger partial charge in [0.15, 0.2) is 0 Å². The normalized spacial score (nSPS) is 11.4. The van der Waals surface area contributed by atoms with Gasteiger partial charge in [0, 0.05) is 6.42 Å². The van der Waals surface area contributed by atoms with Gasteiger partial charge in [-0.05, 0) is 30.5 Å². The van der Waals surface area contributed by atoms with E-state index in [-0.39, 0.29) is 5.82 Å². The minimum Gasteiger partial charge on any atom is -0.237 e. The minimum atomic E-state index is -0.186. The summed E-state index contributed by atoms with van der Waals surface area (Å²) in [4.78, 5) is 0. The predicted octanol–water partition coefficient (Wildman–Crippen LogP) is 4.99. The summed E-state index contributed by atoms with van der Waals surface area (Å²) in [7, 11) is 0. The molecule has 1 aromatic heterocycles. The first-order chi connectivity index (χ1) is 11.3. The Morgan fingerprint density at radius 3 is 2.65 bits per heavy atom. The van der Waals surface area contributed by atoms with E-state index in [4.69, 9.17) is 0 Å². The molecule has 2 nitrogen and oxygen atoms in total. The summed E-state index contributed by atoms with van der Waals surface area (Å²) in [6.07, 6.45) is 18.2. The van der Waals surface area contributed by atoms with Crippen molar-refractivity contribution < 1.29 is 8.96 Å². The van der Waals surface area contributed by atoms with Gasteiger partial charge >= 0.3 is 0 Å². The smallest absolute Gasteiger partial charge is 0.237 e. The lowest BCUT2D eigenvalue weighted by Crippen LogP contribution is -2.30. The summed E-state index contributed by atoms with van der Waals surface area (Å²) in [5, 5.41) is 0. The second kappa shape index (κ2) is 9.98. The fourth-order valence-electron chi connectivity index (χ4n) is 2.62. The molecule has 0 radical (unpaired) electrons. The van der Waals surface area contributed by atoms with Crippen molar-refractivity contribution in [1.82, 2.24) is 4.57 Å². The van der Waals surface area contributed by atoms with E-state index in [0.29, 0.717) is 0 Å². The molecule has 0 saturated heterocycles. The van der Waals surface area contributed by atoms with Gasteiger partial charge in [0.2, 0.25) is 6.33 Å². The van der Waals surface area contributed by atoms with Gasteiger partial charge < -0.3 is 0 Å². The first-order valence-corrected chi connectivity index (χ1v) is 8.75. The highest BCUT2D eigenvalue weighted by atomic mass is 19.1. The third kappa shape index (κ3) is 6.81. The molecule has 0 saturated carbocycles. The molecular weight excluding hydrogens is 287 g/mol. The Bertz CT molecular complexity index is 584. The van der Waals surface area contributed by atoms with Crippen molar-refractivity contribution in [2.45, 2.75) is 58.5 Å². The van der Waals surface area contributed by atoms with E-state index in [1.54, 1.807) is 12.1 Å². The number of halogens is 1. The number of aryl methyl sites for hydroxylation is 2. The molecule has 0 fully saturated rings. The number of hydrogen-bond donors (Lipinski definition) is 0. The summed E-state index contributed by atoms with van der Waals surface area (Å²) in [6, 6.07) is 6.59. The lowest BCUT2D eigenvalue weighted by molar-refractivity contribution is -0.696. The zero-order chi connectivity index (χ0) is 16.3. The van der Waals surface area contributed by atoms with E-state index >= 15 is 0 Å². The van der Waals surface area contributed by atoms with Gasteiger partial charge in [-0.3, -0.25) is 0 Å². The molecule has 0 amide bonds. The summed E-state index contributed by atoms with van der Waals surface area (Å²) < 4.78 is 17.3. The third-order valence-electron chi connectivity index (χ3n) is 4.00. The fourth-order valence-corrected chi connectivity index (χ4v) is 2.62. The van der Waals surface area contributed by atoms with E-state index in [1.165, 1.54) is 44.2 Å². The Hall–Kier alpha value is -1.90. The van der Waals surface area contributed by atoms with Crippen molar-refractivity contribution >= 4 is 6.08 Å². The molecule has 0 aliphatic rings. The standard InChI is InChI=1S/C20H28FN2/c1-2-3-4-5-7-14-22-16-17-23(18-22)15-8-6-9-19-10-12-20(21)13-11-19/h6,9-13,16-18H,2-5,7-8,14-15H2,1H3/q+1. The molecule has 23 heavy (non-hydrogen) atoms. The number of allylic oxidation sites excluding steroid dienone is 1. The van der Waals surface area contributed by atoms with Gasteiger partial charge in [0.05, 0.1) is 13.1 Å². The van der Waals surface area contributed by atoms with Crippen molar-refractivity contribution in [3.05, 3.63) is 60.4 Å². The largest absolute Gasteiger partial charge is 0.243 e. The molecule has 3 heteroatoms. The summed E-state index contributed by atoms with van der Waals surface area (Å²) in [6.45, 7) is 4.34. The van der Waals surface area contributed by atoms with Crippen LogP contribution in [0.25, 0.3) is 6.08 Å². The van der Waals surface area contributed by atoms with Crippen LogP contribution in [0.15, 0.2) is 49.1 Å². The van der Waals surface area contributed by atoms with Crippen molar-refractivity contribution in [2.75, 3.05) is 0 Å². The second-order valence-corrected chi connectivity index (χ2v) is 6.05. The third-order valence-corrected chi connectivity index (χ3v) is 4.00. The lowest BCUT2D eigenvalue weighted by atomic mass is 10.1. The molecule has 0 bridgehead atoms. The number of aromatic nitrogens is 2. The molecular formula is C20H28FN2+. The van der Waals surface area contributed by atoms with E-state index < -0.39 is 0 Å². The van der Waals surface area contributed by atoms with Crippen LogP contribution in [0.3, 0.4) is 0 Å². The number of benzene rings is 1. The Balaban J connectivity index is 1.67. The molecule has 2 aromatic rings. The van der Waals surface area contributed by atoms with E-state index in [1.807, 2.05) is 6.08 Å². The predicted molar refractivity (Wildman–Crippen MR) is 93.4 cm³/mol. The van der Waals surface area contributed by atoms with Crippen LogP contribution in [0, 0.1) is 5.82 Å². The second-order valence-electron chi connectivity index (χ2n) is 6.05. The van der Waals surface area contributed by atoms with E-state index in [9.17, 15) is 4.39 Å². The summed E-state index contributed by atoms with van der Waals surface area (Å²) in [5.74, 6) is -0.186. The Morgan fingerprint density at radius 2 is 1.87 bits per heavy atom. The van der Waals surface area contributed by atoms with Crippen LogP contribution in [0.2, 0.25) is 0 Å². The van der Waals surface area contributed by atoms with Crippen molar-refractivity contribution in [3.8, 4) is 0 Å². The summed E-state index contributed by atoms with van der Waals surface area (Å²) >= 11 is 0. The maximum Gasteiger partial charge on any atom is 0.243 e. The zero-order valence-electron chi connectivity index (χ0n) is 14.1. The number of rotatable bonds is 10. The number of unbranched alkanes of at least 4 members (excludes halogenated alkanes) is 4. The van der Waals surface area contributed by atoms with E-state index in [0.717, 1.165) is 25.1 Å². The minimum absolute atomic E-state index is 0.186. The highest BCUT2D eigenvalue weighted by molar-refractivity contribution is 5.48. The zero-order valence-corrected chi connectivity index (χ0v) is 14.1. The van der Waals surface area contributed by atoms with Crippen LogP contribution in [0.4, 0.5) is 4.39 Å². The molecule has 0 atom stereocenters. The van der Waals surface area contributed by atoms with E-state index in [2.05, 4.69) is 40.9 Å². The maximum absolute atomic E-state index is 12.8. The number of nitrogens with zero attached hydrogens (tertiary/aromatic N) is 2. The molecule has 1 aromatic carbocycles. The van der Waals surface area contributed by atoms with Crippen molar-refractivity contribution in [2.24, 2.45) is 0 Å². The number of imidazole rings is 1. The SMILES string of the molecule is CCCCCCC[n+]1ccn(CCC=Cc2ccc(F)cc2)c1. The van der Waals surface area contributed by atoms with Gasteiger partial charge in [-0.2, -0.15) is 0 Å². The van der Waals surface area contributed by atoms with Crippen molar-refractivity contribution in [3.63, 3.8) is 0 Å². The highest BCUT2D eigenvalue weighted by Crippen LogP contribution is 2.06. The number of hydrogen-bond acceptors (Lipinski definition) is 0. The van der Waals surface area contributed by atoms with Crippen LogP contribution in [-0.2, 0) is 13.1 Å². The summed E-state index contributed by atoms with van der Waals surface area (Å²) in [5.41, 5.74) is 1.04. The Labute approximate surface area is 139 Å². The highest BCUT2D eigenvalue weighted by Gasteiger charge is 2.02. The molecule has 2 rings (SSSR count). The van der Waals surface area contributed by atoms with Gasteiger partial charge in [-0.1, -0.05) is 50.5 Å². The topological polar surface area (TPSA) is 8.81 Å². The molecule has 0 unspecified atom stereocenters. The average molecular weight is 315 g/mol. The Kier molecular flexibility index (Phi) is 7.58. The quantitative estimate of drug-likeness (QED) is 0.431. The molecule has 124 valence electrons. The molecule has 0 N–H and O–H groups in total. The monoisotopic (exact) mass is 315 g/mol. The van der Waals surface area contributed by atoms with Gasteiger partial charge in [-0.25, -0.2) is 13.5 Å². The molecule has 0 spiro atoms. The first kappa shape index (κ1) is 17.5. The molecule has 0 aliphatic carbocycles. The van der Waals surface area contributed by atoms with Crippen LogP contribution >= 0.6 is 0 Å². The molecule has 0 aliphatic heterocycles. The van der Waals surface area contributed by atoms with Crippen LogP contribution in [0.1, 0.15) is 51.0 Å². The van der Waals surface area contributed by atoms with Gasteiger partial charge in [0.25, 0.3) is 0 Å². The average Bonchev–Trinajstić information content (AvgIpc) is 3.01. The first-order valence-electron chi connectivity index (χ1n) is 8.75. The maximum atomic E-state index is 12.8. The lowest BCUT2D eigenvalue weighted by Gasteiger charge is -1.97.